The van der Waals surface area contributed by atoms with E-state index in [1.807, 2.05) is 0 Å². The van der Waals surface area contributed by atoms with Crippen LogP contribution in [-0.2, 0) is 9.53 Å². The van der Waals surface area contributed by atoms with Gasteiger partial charge in [0.25, 0.3) is 5.91 Å². The maximum Gasteiger partial charge on any atom is 0.253 e. The molecule has 0 radical (unpaired) electrons. The van der Waals surface area contributed by atoms with Gasteiger partial charge in [-0.1, -0.05) is 0 Å². The first-order valence-electron chi connectivity index (χ1n) is 5.92. The second-order valence-electron chi connectivity index (χ2n) is 4.14. The number of ether oxygens (including phenoxy) is 2. The molecule has 2 rings (SSSR count). The second-order valence-corrected chi connectivity index (χ2v) is 4.14. The molecule has 7 heteroatoms. The van der Waals surface area contributed by atoms with Crippen LogP contribution >= 0.6 is 0 Å². The van der Waals surface area contributed by atoms with E-state index in [-0.39, 0.29) is 12.6 Å². The minimum atomic E-state index is -0.595. The number of pyridine rings is 1. The van der Waals surface area contributed by atoms with Crippen LogP contribution in [0.5, 0.6) is 5.88 Å². The lowest BCUT2D eigenvalue weighted by Gasteiger charge is -2.10. The molecule has 7 nitrogen and oxygen atoms in total. The van der Waals surface area contributed by atoms with Crippen LogP contribution in [0.1, 0.15) is 16.8 Å². The van der Waals surface area contributed by atoms with Crippen molar-refractivity contribution < 1.29 is 19.1 Å². The first-order valence-corrected chi connectivity index (χ1v) is 5.92. The first kappa shape index (κ1) is 13.3. The van der Waals surface area contributed by atoms with Gasteiger partial charge in [-0.3, -0.25) is 9.59 Å². The Hall–Kier alpha value is -2.15. The van der Waals surface area contributed by atoms with E-state index in [1.165, 1.54) is 6.20 Å². The third-order valence-electron chi connectivity index (χ3n) is 2.60. The normalized spacial score (nSPS) is 18.0. The summed E-state index contributed by atoms with van der Waals surface area (Å²) in [5.74, 6) is -0.550. The van der Waals surface area contributed by atoms with Crippen molar-refractivity contribution in [1.82, 2.24) is 10.3 Å². The number of aromatic nitrogens is 1. The number of carbonyl (C=O) groups is 2. The summed E-state index contributed by atoms with van der Waals surface area (Å²) in [5, 5.41) is 2.38. The van der Waals surface area contributed by atoms with Crippen LogP contribution in [0.25, 0.3) is 0 Å². The third kappa shape index (κ3) is 3.92. The number of nitrogens with two attached hydrogens (primary N) is 1. The predicted octanol–water partition coefficient (Wildman–Crippen LogP) is -0.536. The second kappa shape index (κ2) is 6.14. The summed E-state index contributed by atoms with van der Waals surface area (Å²) in [6.07, 6.45) is 2.24. The third-order valence-corrected chi connectivity index (χ3v) is 2.60. The number of nitrogens with one attached hydrogen (secondary N) is 1. The lowest BCUT2D eigenvalue weighted by molar-refractivity contribution is -0.117. The van der Waals surface area contributed by atoms with Gasteiger partial charge >= 0.3 is 0 Å². The Kier molecular flexibility index (Phi) is 4.30. The topological polar surface area (TPSA) is 104 Å². The van der Waals surface area contributed by atoms with E-state index < -0.39 is 11.8 Å². The zero-order valence-corrected chi connectivity index (χ0v) is 10.3. The molecule has 1 fully saturated rings. The maximum atomic E-state index is 11.6. The number of rotatable bonds is 5. The Labute approximate surface area is 110 Å². The van der Waals surface area contributed by atoms with Crippen molar-refractivity contribution in [2.75, 3.05) is 19.8 Å². The number of primary amides is 1. The number of hydrogen-bond donors (Lipinski definition) is 2. The van der Waals surface area contributed by atoms with E-state index >= 15 is 0 Å². The predicted molar refractivity (Wildman–Crippen MR) is 65.6 cm³/mol. The minimum absolute atomic E-state index is 0.0158. The fourth-order valence-electron chi connectivity index (χ4n) is 1.63. The summed E-state index contributed by atoms with van der Waals surface area (Å²) in [6, 6.07) is 3.19. The van der Waals surface area contributed by atoms with Gasteiger partial charge < -0.3 is 20.5 Å². The van der Waals surface area contributed by atoms with Crippen LogP contribution < -0.4 is 15.8 Å². The maximum absolute atomic E-state index is 11.6. The minimum Gasteiger partial charge on any atom is -0.472 e. The average molecular weight is 265 g/mol. The highest BCUT2D eigenvalue weighted by Crippen LogP contribution is 2.14. The Morgan fingerprint density at radius 2 is 2.37 bits per heavy atom. The summed E-state index contributed by atoms with van der Waals surface area (Å²) in [6.45, 7) is 1.05. The molecule has 102 valence electrons. The van der Waals surface area contributed by atoms with E-state index in [1.54, 1.807) is 12.1 Å². The van der Waals surface area contributed by atoms with Gasteiger partial charge in [0.1, 0.15) is 6.10 Å². The molecule has 1 saturated heterocycles. The molecule has 1 aliphatic rings. The molecule has 0 aromatic carbocycles. The Bertz CT molecular complexity index is 455. The van der Waals surface area contributed by atoms with Crippen LogP contribution in [0.3, 0.4) is 0 Å². The molecule has 0 spiro atoms. The van der Waals surface area contributed by atoms with Crippen molar-refractivity contribution in [2.24, 2.45) is 5.73 Å². The average Bonchev–Trinajstić information content (AvgIpc) is 2.89. The van der Waals surface area contributed by atoms with Gasteiger partial charge in [-0.05, 0) is 6.07 Å². The first-order chi connectivity index (χ1) is 9.15. The van der Waals surface area contributed by atoms with Crippen molar-refractivity contribution in [3.63, 3.8) is 0 Å². The van der Waals surface area contributed by atoms with Gasteiger partial charge in [-0.25, -0.2) is 4.98 Å². The molecule has 1 aliphatic heterocycles. The molecule has 2 heterocycles. The Balaban J connectivity index is 1.89. The van der Waals surface area contributed by atoms with E-state index in [0.717, 1.165) is 6.42 Å². The Morgan fingerprint density at radius 3 is 2.95 bits per heavy atom. The molecule has 1 atom stereocenters. The number of amides is 2. The highest BCUT2D eigenvalue weighted by atomic mass is 16.5. The zero-order chi connectivity index (χ0) is 13.7. The molecular weight excluding hydrogens is 250 g/mol. The van der Waals surface area contributed by atoms with Gasteiger partial charge in [0.05, 0.1) is 25.3 Å². The van der Waals surface area contributed by atoms with E-state index in [0.29, 0.717) is 24.7 Å². The molecule has 0 aliphatic carbocycles. The van der Waals surface area contributed by atoms with Gasteiger partial charge in [0.2, 0.25) is 11.8 Å². The zero-order valence-electron chi connectivity index (χ0n) is 10.3. The monoisotopic (exact) mass is 265 g/mol. The molecule has 2 amide bonds. The molecule has 19 heavy (non-hydrogen) atoms. The summed E-state index contributed by atoms with van der Waals surface area (Å²) in [5.41, 5.74) is 5.28. The summed E-state index contributed by atoms with van der Waals surface area (Å²) < 4.78 is 10.8. The fraction of sp³-hybridized carbons (Fsp3) is 0.417. The van der Waals surface area contributed by atoms with Crippen molar-refractivity contribution in [2.45, 2.75) is 12.5 Å². The summed E-state index contributed by atoms with van der Waals surface area (Å²) >= 11 is 0. The number of hydrogen-bond acceptors (Lipinski definition) is 5. The fourth-order valence-corrected chi connectivity index (χ4v) is 1.63. The van der Waals surface area contributed by atoms with Crippen LogP contribution in [0, 0.1) is 0 Å². The van der Waals surface area contributed by atoms with Crippen molar-refractivity contribution >= 4 is 11.8 Å². The molecule has 0 bridgehead atoms. The molecule has 0 saturated carbocycles. The molecular formula is C12H15N3O4. The van der Waals surface area contributed by atoms with Crippen LogP contribution in [-0.4, -0.2) is 42.7 Å². The van der Waals surface area contributed by atoms with E-state index in [2.05, 4.69) is 10.3 Å². The standard InChI is InChI=1S/C12H15N3O4/c13-10(16)6-15-12(17)8-1-2-11(14-5-8)19-9-3-4-18-7-9/h1-2,5,9H,3-4,6-7H2,(H2,13,16)(H,15,17). The molecule has 3 N–H and O–H groups in total. The SMILES string of the molecule is NC(=O)CNC(=O)c1ccc(OC2CCOC2)nc1. The quantitative estimate of drug-likeness (QED) is 0.744. The summed E-state index contributed by atoms with van der Waals surface area (Å²) in [7, 11) is 0. The van der Waals surface area contributed by atoms with Crippen LogP contribution in [0.15, 0.2) is 18.3 Å². The Morgan fingerprint density at radius 1 is 1.53 bits per heavy atom. The van der Waals surface area contributed by atoms with Gasteiger partial charge in [-0.15, -0.1) is 0 Å². The highest BCUT2D eigenvalue weighted by molar-refractivity contribution is 5.96. The van der Waals surface area contributed by atoms with Gasteiger partial charge in [-0.2, -0.15) is 0 Å². The molecule has 1 aromatic heterocycles. The largest absolute Gasteiger partial charge is 0.472 e. The number of carbonyl (C=O) groups excluding carboxylic acids is 2. The van der Waals surface area contributed by atoms with Crippen molar-refractivity contribution in [3.05, 3.63) is 23.9 Å². The van der Waals surface area contributed by atoms with Gasteiger partial charge in [0.15, 0.2) is 0 Å². The van der Waals surface area contributed by atoms with E-state index in [4.69, 9.17) is 15.2 Å². The van der Waals surface area contributed by atoms with Crippen LogP contribution in [0.4, 0.5) is 0 Å². The molecule has 1 unspecified atom stereocenters. The lowest BCUT2D eigenvalue weighted by atomic mass is 10.2. The van der Waals surface area contributed by atoms with Crippen LogP contribution in [0.2, 0.25) is 0 Å². The van der Waals surface area contributed by atoms with Crippen molar-refractivity contribution in [3.8, 4) is 5.88 Å². The van der Waals surface area contributed by atoms with Crippen molar-refractivity contribution in [1.29, 1.82) is 0 Å². The highest BCUT2D eigenvalue weighted by Gasteiger charge is 2.17. The number of nitrogens with zero attached hydrogens (tertiary/aromatic N) is 1. The van der Waals surface area contributed by atoms with Gasteiger partial charge in [0, 0.05) is 18.7 Å². The smallest absolute Gasteiger partial charge is 0.253 e. The van der Waals surface area contributed by atoms with E-state index in [9.17, 15) is 9.59 Å². The molecule has 1 aromatic rings. The summed E-state index contributed by atoms with van der Waals surface area (Å²) in [4.78, 5) is 26.2. The lowest BCUT2D eigenvalue weighted by Crippen LogP contribution is -2.33.